The Morgan fingerprint density at radius 1 is 0.410 bits per heavy atom. The minimum atomic E-state index is -1.34. The van der Waals surface area contributed by atoms with E-state index in [9.17, 15) is 57.5 Å². The number of benzene rings is 4. The zero-order chi connectivity index (χ0) is 84.1. The van der Waals surface area contributed by atoms with Crippen LogP contribution in [0.15, 0.2) is 104 Å². The maximum Gasteiger partial charge on any atom is 0.322 e. The molecule has 117 heavy (non-hydrogen) atoms. The number of carboxylic acids is 3. The van der Waals surface area contributed by atoms with Crippen molar-refractivity contribution >= 4 is 77.2 Å². The van der Waals surface area contributed by atoms with E-state index in [2.05, 4.69) is 62.8 Å². The summed E-state index contributed by atoms with van der Waals surface area (Å²) in [4.78, 5) is 145. The molecule has 0 spiro atoms. The van der Waals surface area contributed by atoms with Crippen molar-refractivity contribution in [2.45, 2.75) is 77.4 Å². The van der Waals surface area contributed by atoms with Gasteiger partial charge in [0.2, 0.25) is 17.6 Å². The Hall–Kier alpha value is -13.6. The van der Waals surface area contributed by atoms with Crippen molar-refractivity contribution in [2.75, 3.05) is 112 Å². The van der Waals surface area contributed by atoms with Crippen LogP contribution in [-0.4, -0.2) is 256 Å². The molecule has 6 amide bonds. The van der Waals surface area contributed by atoms with E-state index in [4.69, 9.17) is 89.0 Å². The van der Waals surface area contributed by atoms with Crippen molar-refractivity contribution in [1.82, 2.24) is 76.9 Å². The Labute approximate surface area is 665 Å². The standard InChI is InChI=1S/C72H88N18O27/c73-67(101)56(2-1-15-76-72(74)75)81-59(91)42-80-71(105)49-34-57(112-31-28-109-25-22-106-19-16-88-43-50(82-85-88)39-77-68(102)46-3-9-53(10-4-46)115-63(98)36-60(92)93)66(114-33-30-111-27-24-108-21-18-90-45-52(84-87-90)41-79-70(104)48-7-13-55(14-8-48)117-65(100)38-62(96)97)58(35-49)113-32-29-110-26-23-107-20-17-89-44-51(83-86-89)40-78-69(103)47-5-11-54(12-6-47)116-64(99)37-61(94)95/h3-14,34-35,43-45,56H,1-2,15-33,36-42H2,(H2,73,101)(H,77,102)(H,78,103)(H,79,104)(H,80,105)(H,81,91)(H,92,93)(H,94,95)(H,96,97)(H4,74,75,76). The predicted molar refractivity (Wildman–Crippen MR) is 397 cm³/mol. The molecule has 0 fully saturated rings. The second-order valence-corrected chi connectivity index (χ2v) is 24.4. The van der Waals surface area contributed by atoms with Gasteiger partial charge < -0.3 is 116 Å². The largest absolute Gasteiger partial charge is 0.487 e. The molecule has 0 aliphatic carbocycles. The average molecular weight is 1640 g/mol. The molecule has 0 saturated heterocycles. The first-order chi connectivity index (χ1) is 56.4. The van der Waals surface area contributed by atoms with Crippen LogP contribution in [0.1, 0.15) is 90.6 Å². The van der Waals surface area contributed by atoms with Crippen molar-refractivity contribution < 1.29 is 130 Å². The fourth-order valence-corrected chi connectivity index (χ4v) is 9.75. The van der Waals surface area contributed by atoms with Crippen LogP contribution < -0.4 is 71.8 Å². The summed E-state index contributed by atoms with van der Waals surface area (Å²) in [6.07, 6.45) is 2.82. The number of carbonyl (C=O) groups excluding carboxylic acids is 9. The number of nitrogens with one attached hydrogen (secondary N) is 7. The number of nitrogens with zero attached hydrogens (tertiary/aromatic N) is 9. The zero-order valence-electron chi connectivity index (χ0n) is 63.0. The highest BCUT2D eigenvalue weighted by Crippen LogP contribution is 2.39. The van der Waals surface area contributed by atoms with Gasteiger partial charge in [0.05, 0.1) is 144 Å². The molecule has 45 heteroatoms. The highest BCUT2D eigenvalue weighted by atomic mass is 16.6. The van der Waals surface area contributed by atoms with Gasteiger partial charge in [0.1, 0.15) is 79.5 Å². The third kappa shape index (κ3) is 35.5. The van der Waals surface area contributed by atoms with Crippen LogP contribution >= 0.6 is 0 Å². The lowest BCUT2D eigenvalue weighted by molar-refractivity contribution is -0.147. The summed E-state index contributed by atoms with van der Waals surface area (Å²) in [6, 6.07) is 18.2. The van der Waals surface area contributed by atoms with Crippen molar-refractivity contribution in [2.24, 2.45) is 11.5 Å². The smallest absolute Gasteiger partial charge is 0.322 e. The lowest BCUT2D eigenvalue weighted by Gasteiger charge is -2.19. The number of nitrogens with two attached hydrogens (primary N) is 2. The number of aliphatic carboxylic acids is 3. The van der Waals surface area contributed by atoms with E-state index in [0.29, 0.717) is 43.1 Å². The number of hydrogen-bond donors (Lipinski definition) is 12. The maximum atomic E-state index is 14.0. The summed E-state index contributed by atoms with van der Waals surface area (Å²) in [6.45, 7) is 1.75. The molecule has 0 aliphatic rings. The van der Waals surface area contributed by atoms with Crippen LogP contribution in [0.25, 0.3) is 0 Å². The number of rotatable bonds is 57. The molecule has 3 heterocycles. The number of carbonyl (C=O) groups is 12. The van der Waals surface area contributed by atoms with E-state index >= 15 is 0 Å². The predicted octanol–water partition coefficient (Wildman–Crippen LogP) is -1.31. The van der Waals surface area contributed by atoms with E-state index in [1.54, 1.807) is 18.6 Å². The first kappa shape index (κ1) is 90.6. The zero-order valence-corrected chi connectivity index (χ0v) is 63.0. The Balaban J connectivity index is 0.907. The van der Waals surface area contributed by atoms with E-state index in [0.717, 1.165) is 0 Å². The number of ether oxygens (including phenoxy) is 12. The summed E-state index contributed by atoms with van der Waals surface area (Å²) in [5, 5.41) is 73.9. The molecule has 1 unspecified atom stereocenters. The van der Waals surface area contributed by atoms with Gasteiger partial charge in [0.25, 0.3) is 23.6 Å². The van der Waals surface area contributed by atoms with E-state index < -0.39 is 103 Å². The number of aromatic nitrogens is 9. The minimum Gasteiger partial charge on any atom is -0.487 e. The molecular weight excluding hydrogens is 1550 g/mol. The minimum absolute atomic E-state index is 0.000898. The number of carboxylic acid groups (broad SMARTS) is 3. The average Bonchev–Trinajstić information content (AvgIpc) is 1.80. The molecular formula is C72H88N18O27. The molecule has 628 valence electrons. The lowest BCUT2D eigenvalue weighted by atomic mass is 10.1. The Morgan fingerprint density at radius 2 is 0.735 bits per heavy atom. The number of amides is 6. The Bertz CT molecular complexity index is 4280. The monoisotopic (exact) mass is 1640 g/mol. The normalized spacial score (nSPS) is 11.1. The van der Waals surface area contributed by atoms with E-state index in [1.807, 2.05) is 0 Å². The second-order valence-electron chi connectivity index (χ2n) is 24.4. The van der Waals surface area contributed by atoms with Crippen LogP contribution in [0.5, 0.6) is 34.5 Å². The molecule has 7 aromatic rings. The van der Waals surface area contributed by atoms with Gasteiger partial charge in [0, 0.05) is 28.8 Å². The molecule has 0 radical (unpaired) electrons. The van der Waals surface area contributed by atoms with Gasteiger partial charge in [-0.2, -0.15) is 0 Å². The third-order valence-electron chi connectivity index (χ3n) is 15.3. The first-order valence-corrected chi connectivity index (χ1v) is 36.0. The van der Waals surface area contributed by atoms with Crippen LogP contribution in [0.2, 0.25) is 0 Å². The van der Waals surface area contributed by atoms with Gasteiger partial charge in [-0.05, 0) is 97.8 Å². The van der Waals surface area contributed by atoms with Crippen LogP contribution in [0.3, 0.4) is 0 Å². The van der Waals surface area contributed by atoms with E-state index in [1.165, 1.54) is 99.0 Å². The van der Waals surface area contributed by atoms with Gasteiger partial charge in [-0.3, -0.25) is 62.9 Å². The quantitative estimate of drug-likeness (QED) is 0.00526. The summed E-state index contributed by atoms with van der Waals surface area (Å²) in [7, 11) is 0. The molecule has 0 aliphatic heterocycles. The number of hydrogen-bond acceptors (Lipinski definition) is 31. The van der Waals surface area contributed by atoms with Crippen LogP contribution in [0.4, 0.5) is 0 Å². The number of guanidine groups is 1. The number of primary amides is 1. The van der Waals surface area contributed by atoms with Gasteiger partial charge >= 0.3 is 35.8 Å². The molecule has 1 atom stereocenters. The van der Waals surface area contributed by atoms with Crippen molar-refractivity contribution in [3.63, 3.8) is 0 Å². The van der Waals surface area contributed by atoms with Crippen LogP contribution in [-0.2, 0) is 106 Å². The third-order valence-corrected chi connectivity index (χ3v) is 15.3. The van der Waals surface area contributed by atoms with Gasteiger partial charge in [-0.15, -0.1) is 15.3 Å². The van der Waals surface area contributed by atoms with Crippen molar-refractivity contribution in [3.05, 3.63) is 143 Å². The highest BCUT2D eigenvalue weighted by molar-refractivity contribution is 5.99. The van der Waals surface area contributed by atoms with Crippen LogP contribution in [0, 0.1) is 5.41 Å². The molecule has 0 saturated carbocycles. The molecule has 45 nitrogen and oxygen atoms in total. The molecule has 7 rings (SSSR count). The molecule has 3 aromatic heterocycles. The Kier molecular flexibility index (Phi) is 38.5. The highest BCUT2D eigenvalue weighted by Gasteiger charge is 2.24. The van der Waals surface area contributed by atoms with Crippen molar-refractivity contribution in [1.29, 1.82) is 5.41 Å². The second kappa shape index (κ2) is 49.8. The molecule has 4 aromatic carbocycles. The summed E-state index contributed by atoms with van der Waals surface area (Å²) in [5.41, 5.74) is 12.9. The lowest BCUT2D eigenvalue weighted by Crippen LogP contribution is -2.48. The number of esters is 3. The SMILES string of the molecule is N=C(N)NCCCC(NC(=O)CNC(=O)c1cc(OCCOCCOCCn2cc(CNC(=O)c3ccc(OC(=O)CC(=O)O)cc3)nn2)c(OCCOCCOCCn2cc(CNC(=O)c3ccc(OC(=O)CC(=O)O)cc3)nn2)c(OCCOCCOCCn2cc(CNC(=O)c3ccc(OC(=O)CC(=O)O)cc3)nn2)c1)C(N)=O. The van der Waals surface area contributed by atoms with Crippen molar-refractivity contribution in [3.8, 4) is 34.5 Å². The fourth-order valence-electron chi connectivity index (χ4n) is 9.75. The first-order valence-electron chi connectivity index (χ1n) is 36.0. The Morgan fingerprint density at radius 3 is 1.07 bits per heavy atom. The summed E-state index contributed by atoms with van der Waals surface area (Å²) < 4.78 is 72.8. The van der Waals surface area contributed by atoms with E-state index in [-0.39, 0.29) is 194 Å². The van der Waals surface area contributed by atoms with Gasteiger partial charge in [-0.25, -0.2) is 14.0 Å². The topological polar surface area (TPSA) is 616 Å². The summed E-state index contributed by atoms with van der Waals surface area (Å²) in [5.74, 6) is -10.6. The fraction of sp³-hybridized carbons (Fsp3) is 0.403. The maximum absolute atomic E-state index is 14.0. The van der Waals surface area contributed by atoms with Gasteiger partial charge in [-0.1, -0.05) is 15.6 Å². The summed E-state index contributed by atoms with van der Waals surface area (Å²) >= 11 is 0. The van der Waals surface area contributed by atoms with Gasteiger partial charge in [0.15, 0.2) is 17.5 Å². The molecule has 14 N–H and O–H groups in total. The molecule has 0 bridgehead atoms.